The van der Waals surface area contributed by atoms with Gasteiger partial charge >= 0.3 is 0 Å². The van der Waals surface area contributed by atoms with Crippen molar-refractivity contribution in [3.05, 3.63) is 23.0 Å². The van der Waals surface area contributed by atoms with Crippen LogP contribution in [0.5, 0.6) is 0 Å². The fourth-order valence-corrected chi connectivity index (χ4v) is 3.74. The molecule has 19 heavy (non-hydrogen) atoms. The smallest absolute Gasteiger partial charge is 0.266 e. The number of amides is 1. The van der Waals surface area contributed by atoms with E-state index in [2.05, 4.69) is 4.72 Å². The molecule has 0 atom stereocenters. The molecular weight excluding hydrogens is 264 g/mol. The van der Waals surface area contributed by atoms with Gasteiger partial charge in [-0.3, -0.25) is 4.79 Å². The quantitative estimate of drug-likeness (QED) is 0.918. The lowest BCUT2D eigenvalue weighted by Gasteiger charge is -2.13. The van der Waals surface area contributed by atoms with Crippen molar-refractivity contribution in [2.24, 2.45) is 0 Å². The van der Waals surface area contributed by atoms with Crippen molar-refractivity contribution in [2.75, 3.05) is 0 Å². The van der Waals surface area contributed by atoms with E-state index in [0.717, 1.165) is 11.4 Å². The van der Waals surface area contributed by atoms with Crippen LogP contribution < -0.4 is 4.72 Å². The summed E-state index contributed by atoms with van der Waals surface area (Å²) in [6.07, 6.45) is 1.29. The van der Waals surface area contributed by atoms with Crippen LogP contribution in [0.2, 0.25) is 0 Å². The Morgan fingerprint density at radius 3 is 2.37 bits per heavy atom. The molecule has 0 aromatic carbocycles. The molecule has 1 aliphatic carbocycles. The van der Waals surface area contributed by atoms with Gasteiger partial charge in [-0.2, -0.15) is 0 Å². The van der Waals surface area contributed by atoms with Gasteiger partial charge in [-0.05, 0) is 46.6 Å². The number of nitrogens with zero attached hydrogens (tertiary/aromatic N) is 1. The maximum absolute atomic E-state index is 12.1. The monoisotopic (exact) mass is 284 g/mol. The van der Waals surface area contributed by atoms with Crippen LogP contribution in [0.3, 0.4) is 0 Å². The molecule has 1 fully saturated rings. The van der Waals surface area contributed by atoms with Crippen LogP contribution in [0.25, 0.3) is 0 Å². The predicted molar refractivity (Wildman–Crippen MR) is 73.7 cm³/mol. The zero-order valence-corrected chi connectivity index (χ0v) is 12.5. The molecule has 1 N–H and O–H groups in total. The van der Waals surface area contributed by atoms with Gasteiger partial charge in [0.15, 0.2) is 0 Å². The predicted octanol–water partition coefficient (Wildman–Crippen LogP) is 1.91. The van der Waals surface area contributed by atoms with Crippen molar-refractivity contribution in [3.8, 4) is 0 Å². The lowest BCUT2D eigenvalue weighted by atomic mass is 10.2. The van der Waals surface area contributed by atoms with Gasteiger partial charge in [-0.15, -0.1) is 0 Å². The second-order valence-corrected chi connectivity index (χ2v) is 7.38. The maximum Gasteiger partial charge on any atom is 0.266 e. The molecule has 0 bridgehead atoms. The number of carbonyl (C=O) groups excluding carboxylic acids is 1. The standard InChI is InChI=1S/C13H20N2O3S/c1-8(2)15-9(3)7-12(10(15)4)13(16)14-19(17,18)11-5-6-11/h7-8,11H,5-6H2,1-4H3,(H,14,16). The summed E-state index contributed by atoms with van der Waals surface area (Å²) in [6.45, 7) is 7.82. The Hall–Kier alpha value is -1.30. The fourth-order valence-electron chi connectivity index (χ4n) is 2.45. The van der Waals surface area contributed by atoms with E-state index in [9.17, 15) is 13.2 Å². The molecule has 5 nitrogen and oxygen atoms in total. The lowest BCUT2D eigenvalue weighted by molar-refractivity contribution is 0.0980. The van der Waals surface area contributed by atoms with Gasteiger partial charge in [0.05, 0.1) is 10.8 Å². The van der Waals surface area contributed by atoms with Crippen molar-refractivity contribution in [1.29, 1.82) is 0 Å². The molecule has 1 aromatic rings. The Bertz CT molecular complexity index is 610. The molecule has 0 unspecified atom stereocenters. The van der Waals surface area contributed by atoms with E-state index in [1.54, 1.807) is 6.07 Å². The Kier molecular flexibility index (Phi) is 3.47. The summed E-state index contributed by atoms with van der Waals surface area (Å²) in [7, 11) is -3.48. The Morgan fingerprint density at radius 2 is 1.95 bits per heavy atom. The number of sulfonamides is 1. The first-order chi connectivity index (χ1) is 8.74. The Morgan fingerprint density at radius 1 is 1.37 bits per heavy atom. The molecule has 2 rings (SSSR count). The van der Waals surface area contributed by atoms with E-state index in [1.807, 2.05) is 32.3 Å². The van der Waals surface area contributed by atoms with E-state index < -0.39 is 15.9 Å². The van der Waals surface area contributed by atoms with Crippen molar-refractivity contribution in [3.63, 3.8) is 0 Å². The highest BCUT2D eigenvalue weighted by Gasteiger charge is 2.37. The number of rotatable bonds is 4. The van der Waals surface area contributed by atoms with Crippen LogP contribution in [0.1, 0.15) is 54.5 Å². The topological polar surface area (TPSA) is 68.2 Å². The largest absolute Gasteiger partial charge is 0.346 e. The first kappa shape index (κ1) is 14.1. The molecule has 1 amide bonds. The molecule has 6 heteroatoms. The number of hydrogen-bond acceptors (Lipinski definition) is 3. The molecule has 106 valence electrons. The van der Waals surface area contributed by atoms with E-state index in [-0.39, 0.29) is 11.3 Å². The first-order valence-electron chi connectivity index (χ1n) is 6.48. The normalized spacial score (nSPS) is 15.8. The lowest BCUT2D eigenvalue weighted by Crippen LogP contribution is -2.33. The molecule has 1 saturated carbocycles. The molecule has 0 radical (unpaired) electrons. The van der Waals surface area contributed by atoms with Crippen LogP contribution in [-0.4, -0.2) is 24.1 Å². The summed E-state index contributed by atoms with van der Waals surface area (Å²) >= 11 is 0. The molecule has 1 aromatic heterocycles. The summed E-state index contributed by atoms with van der Waals surface area (Å²) in [5.41, 5.74) is 2.20. The fraction of sp³-hybridized carbons (Fsp3) is 0.615. The molecule has 1 heterocycles. The van der Waals surface area contributed by atoms with Gasteiger partial charge in [0, 0.05) is 17.4 Å². The van der Waals surface area contributed by atoms with Crippen LogP contribution in [0, 0.1) is 13.8 Å². The highest BCUT2D eigenvalue weighted by Crippen LogP contribution is 2.28. The number of aryl methyl sites for hydroxylation is 1. The van der Waals surface area contributed by atoms with Crippen molar-refractivity contribution in [2.45, 2.75) is 51.8 Å². The van der Waals surface area contributed by atoms with Gasteiger partial charge in [0.25, 0.3) is 5.91 Å². The third kappa shape index (κ3) is 2.68. The summed E-state index contributed by atoms with van der Waals surface area (Å²) < 4.78 is 27.8. The minimum atomic E-state index is -3.48. The first-order valence-corrected chi connectivity index (χ1v) is 8.03. The number of hydrogen-bond donors (Lipinski definition) is 1. The second kappa shape index (κ2) is 4.67. The van der Waals surface area contributed by atoms with Crippen molar-refractivity contribution in [1.82, 2.24) is 9.29 Å². The van der Waals surface area contributed by atoms with E-state index in [1.165, 1.54) is 0 Å². The third-order valence-corrected chi connectivity index (χ3v) is 5.26. The molecule has 0 saturated heterocycles. The minimum absolute atomic E-state index is 0.238. The average molecular weight is 284 g/mol. The van der Waals surface area contributed by atoms with E-state index in [0.29, 0.717) is 18.4 Å². The minimum Gasteiger partial charge on any atom is -0.346 e. The van der Waals surface area contributed by atoms with Crippen LogP contribution in [0.4, 0.5) is 0 Å². The maximum atomic E-state index is 12.1. The van der Waals surface area contributed by atoms with Gasteiger partial charge in [0.2, 0.25) is 10.0 Å². The highest BCUT2D eigenvalue weighted by molar-refractivity contribution is 7.91. The van der Waals surface area contributed by atoms with Crippen LogP contribution in [0.15, 0.2) is 6.07 Å². The highest BCUT2D eigenvalue weighted by atomic mass is 32.2. The zero-order chi connectivity index (χ0) is 14.4. The average Bonchev–Trinajstić information content (AvgIpc) is 3.04. The second-order valence-electron chi connectivity index (χ2n) is 5.42. The summed E-state index contributed by atoms with van der Waals surface area (Å²) in [4.78, 5) is 12.1. The molecule has 0 spiro atoms. The third-order valence-electron chi connectivity index (χ3n) is 3.44. The van der Waals surface area contributed by atoms with Crippen LogP contribution in [-0.2, 0) is 10.0 Å². The van der Waals surface area contributed by atoms with Gasteiger partial charge in [0.1, 0.15) is 0 Å². The molecule has 1 aliphatic rings. The summed E-state index contributed by atoms with van der Waals surface area (Å²) in [5.74, 6) is -0.521. The zero-order valence-electron chi connectivity index (χ0n) is 11.7. The Balaban J connectivity index is 2.27. The molecule has 0 aliphatic heterocycles. The van der Waals surface area contributed by atoms with Gasteiger partial charge in [-0.1, -0.05) is 0 Å². The molecular formula is C13H20N2O3S. The van der Waals surface area contributed by atoms with Gasteiger partial charge in [-0.25, -0.2) is 13.1 Å². The number of nitrogens with one attached hydrogen (secondary N) is 1. The van der Waals surface area contributed by atoms with E-state index >= 15 is 0 Å². The Labute approximate surface area is 114 Å². The summed E-state index contributed by atoms with van der Waals surface area (Å²) in [6, 6.07) is 1.98. The van der Waals surface area contributed by atoms with Crippen LogP contribution >= 0.6 is 0 Å². The summed E-state index contributed by atoms with van der Waals surface area (Å²) in [5, 5.41) is -0.384. The van der Waals surface area contributed by atoms with Crippen molar-refractivity contribution < 1.29 is 13.2 Å². The van der Waals surface area contributed by atoms with E-state index in [4.69, 9.17) is 0 Å². The van der Waals surface area contributed by atoms with Crippen molar-refractivity contribution >= 4 is 15.9 Å². The number of aromatic nitrogens is 1. The van der Waals surface area contributed by atoms with Gasteiger partial charge < -0.3 is 4.57 Å². The SMILES string of the molecule is Cc1cc(C(=O)NS(=O)(=O)C2CC2)c(C)n1C(C)C. The number of carbonyl (C=O) groups is 1.